The Morgan fingerprint density at radius 1 is 1.67 bits per heavy atom. The van der Waals surface area contributed by atoms with Gasteiger partial charge in [-0.1, -0.05) is 15.9 Å². The van der Waals surface area contributed by atoms with Gasteiger partial charge in [-0.3, -0.25) is 5.41 Å². The van der Waals surface area contributed by atoms with Crippen LogP contribution >= 0.6 is 45.5 Å². The van der Waals surface area contributed by atoms with E-state index < -0.39 is 0 Å². The predicted octanol–water partition coefficient (Wildman–Crippen LogP) is 0.728. The van der Waals surface area contributed by atoms with E-state index >= 15 is 0 Å². The Morgan fingerprint density at radius 3 is 1.78 bits per heavy atom. The summed E-state index contributed by atoms with van der Waals surface area (Å²) in [5, 5.41) is 6.91. The number of hydrogen-bond acceptors (Lipinski definition) is 2. The molecule has 0 fully saturated rings. The normalized spacial score (nSPS) is 6.11. The molecule has 0 spiro atoms. The van der Waals surface area contributed by atoms with Crippen molar-refractivity contribution < 1.29 is 0 Å². The van der Waals surface area contributed by atoms with Crippen LogP contribution in [0.2, 0.25) is 0 Å². The molecule has 0 aliphatic rings. The first-order valence-electron chi connectivity index (χ1n) is 1.94. The Balaban J connectivity index is -0.0000000720. The van der Waals surface area contributed by atoms with Gasteiger partial charge in [-0.05, 0) is 0 Å². The molecular weight excluding hydrogens is 270 g/mol. The van der Waals surface area contributed by atoms with E-state index in [1.165, 1.54) is 0 Å². The first kappa shape index (κ1) is 16.4. The Labute approximate surface area is 79.4 Å². The monoisotopic (exact) mass is 279 g/mol. The summed E-state index contributed by atoms with van der Waals surface area (Å²) in [6, 6.07) is 0. The fourth-order valence-corrected chi connectivity index (χ4v) is 0. The van der Waals surface area contributed by atoms with Crippen LogP contribution in [0, 0.1) is 5.41 Å². The molecule has 5 N–H and O–H groups in total. The van der Waals surface area contributed by atoms with Gasteiger partial charge in [0.1, 0.15) is 5.17 Å². The molecule has 0 amide bonds. The van der Waals surface area contributed by atoms with Crippen LogP contribution in [0.1, 0.15) is 0 Å². The summed E-state index contributed by atoms with van der Waals surface area (Å²) in [6.45, 7) is 0.736. The molecule has 0 aromatic rings. The van der Waals surface area contributed by atoms with Crippen molar-refractivity contribution in [2.24, 2.45) is 11.5 Å². The largest absolute Gasteiger partial charge is 0.379 e. The van der Waals surface area contributed by atoms with Crippen LogP contribution < -0.4 is 11.5 Å². The van der Waals surface area contributed by atoms with E-state index in [1.807, 2.05) is 0 Å². The number of nitrogens with two attached hydrogens (primary N) is 2. The van der Waals surface area contributed by atoms with Gasteiger partial charge in [-0.2, -0.15) is 0 Å². The number of halogens is 2. The highest BCUT2D eigenvalue weighted by atomic mass is 79.9. The summed E-state index contributed by atoms with van der Waals surface area (Å²) < 4.78 is 0. The predicted molar refractivity (Wildman–Crippen MR) is 54.1 cm³/mol. The van der Waals surface area contributed by atoms with E-state index in [0.717, 1.165) is 11.9 Å². The molecule has 0 heterocycles. The van der Waals surface area contributed by atoms with Gasteiger partial charge in [0.2, 0.25) is 0 Å². The lowest BCUT2D eigenvalue weighted by Crippen LogP contribution is -1.97. The molecule has 0 rings (SSSR count). The first-order chi connectivity index (χ1) is 3.65. The van der Waals surface area contributed by atoms with Crippen molar-refractivity contribution in [1.29, 1.82) is 5.41 Å². The molecule has 0 saturated heterocycles. The second-order valence-corrected chi connectivity index (χ2v) is 2.14. The van der Waals surface area contributed by atoms with E-state index in [2.05, 4.69) is 34.3 Å². The maximum Gasteiger partial charge on any atom is 0.147 e. The summed E-state index contributed by atoms with van der Waals surface area (Å²) in [5.41, 5.74) is 9.54. The maximum absolute atomic E-state index is 6.14. The Bertz CT molecular complexity index is 55.0. The van der Waals surface area contributed by atoms with E-state index in [0.29, 0.717) is 0 Å². The molecule has 0 aliphatic heterocycles. The molecule has 0 aromatic heterocycles. The number of amidine groups is 1. The van der Waals surface area contributed by atoms with Crippen LogP contribution in [-0.2, 0) is 0 Å². The zero-order chi connectivity index (χ0) is 6.99. The topological polar surface area (TPSA) is 75.9 Å². The highest BCUT2D eigenvalue weighted by Gasteiger charge is 1.57. The Morgan fingerprint density at radius 2 is 1.78 bits per heavy atom. The highest BCUT2D eigenvalue weighted by molar-refractivity contribution is 9.09. The van der Waals surface area contributed by atoms with Gasteiger partial charge in [0, 0.05) is 11.9 Å². The third kappa shape index (κ3) is 131. The molecule has 0 radical (unpaired) electrons. The summed E-state index contributed by atoms with van der Waals surface area (Å²) >= 11 is 6.45. The molecule has 0 saturated carbocycles. The van der Waals surface area contributed by atoms with Crippen LogP contribution in [0.25, 0.3) is 0 Å². The Kier molecular flexibility index (Phi) is 28.9. The van der Waals surface area contributed by atoms with E-state index in [9.17, 15) is 0 Å². The molecule has 0 bridgehead atoms. The lowest BCUT2D eigenvalue weighted by molar-refractivity contribution is 1.16. The molecule has 58 valence electrons. The molecule has 0 unspecified atom stereocenters. The van der Waals surface area contributed by atoms with Crippen LogP contribution in [0.15, 0.2) is 0 Å². The second-order valence-electron chi connectivity index (χ2n) is 0.863. The zero-order valence-corrected chi connectivity index (χ0v) is 9.00. The van der Waals surface area contributed by atoms with Crippen molar-refractivity contribution in [2.75, 3.05) is 11.9 Å². The Hall–Kier alpha value is 0.740. The third-order valence-corrected chi connectivity index (χ3v) is 0.567. The van der Waals surface area contributed by atoms with E-state index in [4.69, 9.17) is 11.1 Å². The molecule has 0 aliphatic carbocycles. The minimum absolute atomic E-state index is 0. The number of thiol groups is 1. The van der Waals surface area contributed by atoms with Gasteiger partial charge in [0.25, 0.3) is 0 Å². The highest BCUT2D eigenvalue weighted by Crippen LogP contribution is 1.67. The third-order valence-electron chi connectivity index (χ3n) is 0.109. The first-order valence-corrected chi connectivity index (χ1v) is 3.51. The fraction of sp³-hybridized carbons (Fsp3) is 0.667. The average Bonchev–Trinajstić information content (AvgIpc) is 1.65. The van der Waals surface area contributed by atoms with Gasteiger partial charge in [-0.15, -0.1) is 29.6 Å². The van der Waals surface area contributed by atoms with Crippen LogP contribution in [0.4, 0.5) is 0 Å². The van der Waals surface area contributed by atoms with Gasteiger partial charge in [-0.25, -0.2) is 0 Å². The lowest BCUT2D eigenvalue weighted by Gasteiger charge is -1.68. The maximum atomic E-state index is 6.14. The van der Waals surface area contributed by atoms with Crippen LogP contribution in [0.5, 0.6) is 0 Å². The van der Waals surface area contributed by atoms with Gasteiger partial charge in [0.05, 0.1) is 0 Å². The smallest absolute Gasteiger partial charge is 0.147 e. The van der Waals surface area contributed by atoms with Crippen molar-refractivity contribution in [1.82, 2.24) is 0 Å². The number of nitrogens with one attached hydrogen (secondary N) is 1. The van der Waals surface area contributed by atoms with Crippen molar-refractivity contribution in [3.8, 4) is 0 Å². The molecule has 0 atom stereocenters. The summed E-state index contributed by atoms with van der Waals surface area (Å²) in [5.74, 6) is 0. The second kappa shape index (κ2) is 15.9. The van der Waals surface area contributed by atoms with E-state index in [1.54, 1.807) is 0 Å². The molecule has 6 heteroatoms. The lowest BCUT2D eigenvalue weighted by atomic mass is 10.8. The van der Waals surface area contributed by atoms with Crippen LogP contribution in [0.3, 0.4) is 0 Å². The summed E-state index contributed by atoms with van der Waals surface area (Å²) in [6.07, 6.45) is 0. The number of rotatable bonds is 1. The van der Waals surface area contributed by atoms with Crippen LogP contribution in [-0.4, -0.2) is 17.0 Å². The molecule has 9 heavy (non-hydrogen) atoms. The molecule has 0 aromatic carbocycles. The minimum atomic E-state index is -0.139. The van der Waals surface area contributed by atoms with Crippen molar-refractivity contribution in [2.45, 2.75) is 0 Å². The summed E-state index contributed by atoms with van der Waals surface area (Å²) in [4.78, 5) is 0. The quantitative estimate of drug-likeness (QED) is 0.247. The standard InChI is InChI=1S/C2H6BrN.CH4N2S.BrH/c3-1-2-4;2-1(3)4;/h1-2,4H2;(H4,2,3,4);1H. The summed E-state index contributed by atoms with van der Waals surface area (Å²) in [7, 11) is 0. The number of hydrogen-bond donors (Lipinski definition) is 4. The van der Waals surface area contributed by atoms with Gasteiger partial charge >= 0.3 is 0 Å². The van der Waals surface area contributed by atoms with Gasteiger partial charge < -0.3 is 11.5 Å². The average molecular weight is 281 g/mol. The van der Waals surface area contributed by atoms with Crippen molar-refractivity contribution >= 4 is 50.7 Å². The van der Waals surface area contributed by atoms with Crippen molar-refractivity contribution in [3.05, 3.63) is 0 Å². The molecular formula is C3H11Br2N3S. The fourth-order valence-electron chi connectivity index (χ4n) is 0. The van der Waals surface area contributed by atoms with E-state index in [-0.39, 0.29) is 22.1 Å². The van der Waals surface area contributed by atoms with Gasteiger partial charge in [0.15, 0.2) is 0 Å². The zero-order valence-electron chi connectivity index (χ0n) is 4.80. The minimum Gasteiger partial charge on any atom is -0.379 e. The molecule has 3 nitrogen and oxygen atoms in total. The number of alkyl halides is 1. The SMILES string of the molecule is Br.N=C(N)S.NCCBr. The van der Waals surface area contributed by atoms with Crippen molar-refractivity contribution in [3.63, 3.8) is 0 Å².